The standard InChI is InChI=1S/C37H62N4O6/c1-9-16-28(39-34(45)30(23-27-19-14-11-15-20-27)41-35(46)47-37(6,7)8)33(44)40-29(22-26-17-12-10-13-18-26)31(42)21-25(2)32(43)38-24-36(3,4)5/h11,14-15,19-20,25-26,28-31,42H,9-10,12-13,16-18,21-24H2,1-8H3,(H,38,43)(H,39,45)(H,40,44)(H,41,46)/t25-,28+,29+,30-,31+/m1/s1. The highest BCUT2D eigenvalue weighted by Crippen LogP contribution is 2.29. The van der Waals surface area contributed by atoms with Crippen molar-refractivity contribution in [2.75, 3.05) is 6.54 Å². The van der Waals surface area contributed by atoms with Crippen molar-refractivity contribution in [2.24, 2.45) is 17.3 Å². The molecule has 1 aromatic carbocycles. The molecule has 266 valence electrons. The van der Waals surface area contributed by atoms with Gasteiger partial charge in [0.25, 0.3) is 0 Å². The lowest BCUT2D eigenvalue weighted by Gasteiger charge is -2.32. The fraction of sp³-hybridized carbons (Fsp3) is 0.730. The second-order valence-electron chi connectivity index (χ2n) is 15.6. The maximum atomic E-state index is 13.8. The first-order valence-corrected chi connectivity index (χ1v) is 17.6. The van der Waals surface area contributed by atoms with Gasteiger partial charge in [0, 0.05) is 18.9 Å². The summed E-state index contributed by atoms with van der Waals surface area (Å²) in [5, 5.41) is 23.0. The Kier molecular flexibility index (Phi) is 16.2. The average Bonchev–Trinajstić information content (AvgIpc) is 2.98. The molecule has 10 heteroatoms. The molecule has 0 radical (unpaired) electrons. The molecule has 5 atom stereocenters. The number of carbonyl (C=O) groups is 4. The summed E-state index contributed by atoms with van der Waals surface area (Å²) in [6.07, 6.45) is 5.87. The third kappa shape index (κ3) is 16.0. The van der Waals surface area contributed by atoms with Crippen molar-refractivity contribution in [3.8, 4) is 0 Å². The van der Waals surface area contributed by atoms with Gasteiger partial charge in [0.1, 0.15) is 17.7 Å². The van der Waals surface area contributed by atoms with Crippen LogP contribution in [0.5, 0.6) is 0 Å². The van der Waals surface area contributed by atoms with E-state index >= 15 is 0 Å². The summed E-state index contributed by atoms with van der Waals surface area (Å²) in [7, 11) is 0. The summed E-state index contributed by atoms with van der Waals surface area (Å²) >= 11 is 0. The van der Waals surface area contributed by atoms with Crippen molar-refractivity contribution in [2.45, 2.75) is 149 Å². The molecule has 0 unspecified atom stereocenters. The minimum absolute atomic E-state index is 0.0628. The molecule has 0 spiro atoms. The molecule has 1 fully saturated rings. The van der Waals surface area contributed by atoms with E-state index in [-0.39, 0.29) is 30.1 Å². The first-order chi connectivity index (χ1) is 22.0. The number of carbonyl (C=O) groups excluding carboxylic acids is 4. The van der Waals surface area contributed by atoms with E-state index < -0.39 is 47.7 Å². The maximum Gasteiger partial charge on any atom is 0.408 e. The van der Waals surface area contributed by atoms with Gasteiger partial charge in [0.15, 0.2) is 0 Å². The van der Waals surface area contributed by atoms with E-state index in [1.54, 1.807) is 27.7 Å². The fourth-order valence-electron chi connectivity index (χ4n) is 5.88. The predicted octanol–water partition coefficient (Wildman–Crippen LogP) is 5.41. The van der Waals surface area contributed by atoms with Crippen molar-refractivity contribution < 1.29 is 29.0 Å². The number of aliphatic hydroxyl groups is 1. The Balaban J connectivity index is 2.20. The first-order valence-electron chi connectivity index (χ1n) is 17.6. The van der Waals surface area contributed by atoms with Gasteiger partial charge in [0.05, 0.1) is 12.1 Å². The lowest BCUT2D eigenvalue weighted by Crippen LogP contribution is -2.57. The van der Waals surface area contributed by atoms with Crippen molar-refractivity contribution in [3.05, 3.63) is 35.9 Å². The summed E-state index contributed by atoms with van der Waals surface area (Å²) in [6.45, 7) is 15.6. The summed E-state index contributed by atoms with van der Waals surface area (Å²) in [5.41, 5.74) is 0.0327. The first kappa shape index (κ1) is 40.0. The molecule has 47 heavy (non-hydrogen) atoms. The second-order valence-corrected chi connectivity index (χ2v) is 15.6. The Bertz CT molecular complexity index is 1120. The van der Waals surface area contributed by atoms with Crippen LogP contribution in [0.25, 0.3) is 0 Å². The highest BCUT2D eigenvalue weighted by Gasteiger charge is 2.33. The molecule has 1 aliphatic rings. The van der Waals surface area contributed by atoms with Gasteiger partial charge >= 0.3 is 6.09 Å². The molecular weight excluding hydrogens is 596 g/mol. The zero-order valence-corrected chi connectivity index (χ0v) is 30.1. The minimum atomic E-state index is -0.976. The van der Waals surface area contributed by atoms with Crippen molar-refractivity contribution in [1.82, 2.24) is 21.3 Å². The number of benzene rings is 1. The summed E-state index contributed by atoms with van der Waals surface area (Å²) in [6, 6.07) is 6.91. The number of rotatable bonds is 16. The highest BCUT2D eigenvalue weighted by atomic mass is 16.6. The van der Waals surface area contributed by atoms with Gasteiger partial charge in [-0.3, -0.25) is 14.4 Å². The smallest absolute Gasteiger partial charge is 0.408 e. The van der Waals surface area contributed by atoms with Gasteiger partial charge in [-0.1, -0.05) is 103 Å². The molecule has 0 bridgehead atoms. The number of hydrogen-bond acceptors (Lipinski definition) is 6. The van der Waals surface area contributed by atoms with Gasteiger partial charge in [0.2, 0.25) is 17.7 Å². The molecule has 1 aliphatic carbocycles. The lowest BCUT2D eigenvalue weighted by atomic mass is 9.82. The minimum Gasteiger partial charge on any atom is -0.444 e. The Labute approximate surface area is 282 Å². The topological polar surface area (TPSA) is 146 Å². The number of hydrogen-bond donors (Lipinski definition) is 5. The zero-order chi connectivity index (χ0) is 35.2. The van der Waals surface area contributed by atoms with E-state index in [1.165, 1.54) is 6.42 Å². The van der Waals surface area contributed by atoms with Crippen molar-refractivity contribution >= 4 is 23.8 Å². The molecule has 0 aliphatic heterocycles. The predicted molar refractivity (Wildman–Crippen MR) is 186 cm³/mol. The SMILES string of the molecule is CCC[C@H](NC(=O)[C@@H](Cc1ccccc1)NC(=O)OC(C)(C)C)C(=O)N[C@@H](CC1CCCCC1)[C@@H](O)C[C@@H](C)C(=O)NCC(C)(C)C. The number of ether oxygens (including phenoxy) is 1. The quantitative estimate of drug-likeness (QED) is 0.161. The molecule has 1 aromatic rings. The third-order valence-corrected chi connectivity index (χ3v) is 8.44. The molecule has 4 amide bonds. The number of aliphatic hydroxyl groups excluding tert-OH is 1. The van der Waals surface area contributed by atoms with Crippen LogP contribution in [0.4, 0.5) is 4.79 Å². The van der Waals surface area contributed by atoms with Crippen LogP contribution in [0, 0.1) is 17.3 Å². The average molecular weight is 659 g/mol. The third-order valence-electron chi connectivity index (χ3n) is 8.44. The van der Waals surface area contributed by atoms with Crippen LogP contribution in [-0.4, -0.2) is 65.3 Å². The van der Waals surface area contributed by atoms with Crippen molar-refractivity contribution in [3.63, 3.8) is 0 Å². The van der Waals surface area contributed by atoms with Crippen molar-refractivity contribution in [1.29, 1.82) is 0 Å². The van der Waals surface area contributed by atoms with Gasteiger partial charge in [-0.25, -0.2) is 4.79 Å². The van der Waals surface area contributed by atoms with Gasteiger partial charge < -0.3 is 31.1 Å². The Hall–Kier alpha value is -3.14. The number of amides is 4. The van der Waals surface area contributed by atoms with Crippen LogP contribution in [-0.2, 0) is 25.5 Å². The van der Waals surface area contributed by atoms with E-state index in [1.807, 2.05) is 58.0 Å². The van der Waals surface area contributed by atoms with Crippen LogP contribution < -0.4 is 21.3 Å². The Morgan fingerprint density at radius 3 is 2.06 bits per heavy atom. The molecule has 10 nitrogen and oxygen atoms in total. The Morgan fingerprint density at radius 2 is 1.49 bits per heavy atom. The summed E-state index contributed by atoms with van der Waals surface area (Å²) < 4.78 is 5.42. The Morgan fingerprint density at radius 1 is 0.872 bits per heavy atom. The van der Waals surface area contributed by atoms with Gasteiger partial charge in [-0.05, 0) is 56.9 Å². The molecule has 2 rings (SSSR count). The molecule has 0 saturated heterocycles. The van der Waals surface area contributed by atoms with Crippen LogP contribution in [0.1, 0.15) is 119 Å². The normalized spacial score (nSPS) is 17.4. The van der Waals surface area contributed by atoms with Crippen LogP contribution in [0.15, 0.2) is 30.3 Å². The summed E-state index contributed by atoms with van der Waals surface area (Å²) in [4.78, 5) is 53.0. The van der Waals surface area contributed by atoms with Crippen LogP contribution in [0.3, 0.4) is 0 Å². The fourth-order valence-corrected chi connectivity index (χ4v) is 5.88. The molecule has 1 saturated carbocycles. The zero-order valence-electron chi connectivity index (χ0n) is 30.1. The van der Waals surface area contributed by atoms with E-state index in [0.29, 0.717) is 31.7 Å². The van der Waals surface area contributed by atoms with E-state index in [2.05, 4.69) is 21.3 Å². The molecule has 0 heterocycles. The largest absolute Gasteiger partial charge is 0.444 e. The van der Waals surface area contributed by atoms with Gasteiger partial charge in [-0.15, -0.1) is 0 Å². The van der Waals surface area contributed by atoms with Crippen LogP contribution >= 0.6 is 0 Å². The summed E-state index contributed by atoms with van der Waals surface area (Å²) in [5.74, 6) is -1.09. The molecule has 5 N–H and O–H groups in total. The number of alkyl carbamates (subject to hydrolysis) is 1. The monoisotopic (exact) mass is 658 g/mol. The van der Waals surface area contributed by atoms with E-state index in [4.69, 9.17) is 4.74 Å². The highest BCUT2D eigenvalue weighted by molar-refractivity contribution is 5.91. The molecular formula is C37H62N4O6. The maximum absolute atomic E-state index is 13.8. The lowest BCUT2D eigenvalue weighted by molar-refractivity contribution is -0.131. The second kappa shape index (κ2) is 19.0. The van der Waals surface area contributed by atoms with Crippen LogP contribution in [0.2, 0.25) is 0 Å². The van der Waals surface area contributed by atoms with E-state index in [0.717, 1.165) is 31.2 Å². The van der Waals surface area contributed by atoms with E-state index in [9.17, 15) is 24.3 Å². The van der Waals surface area contributed by atoms with Gasteiger partial charge in [-0.2, -0.15) is 0 Å². The molecule has 0 aromatic heterocycles. The number of nitrogens with one attached hydrogen (secondary N) is 4.